The summed E-state index contributed by atoms with van der Waals surface area (Å²) >= 11 is 0. The molecule has 1 aliphatic rings. The minimum atomic E-state index is -0.851. The maximum Gasteiger partial charge on any atom is 0.304 e. The Hall–Kier alpha value is -0.830. The smallest absolute Gasteiger partial charge is 0.304 e. The van der Waals surface area contributed by atoms with Gasteiger partial charge in [0.05, 0.1) is 12.5 Å². The summed E-state index contributed by atoms with van der Waals surface area (Å²) < 4.78 is 0. The molecule has 3 heteroatoms. The molecule has 0 saturated carbocycles. The minimum Gasteiger partial charge on any atom is -0.481 e. The molecule has 0 aromatic heterocycles. The van der Waals surface area contributed by atoms with Gasteiger partial charge < -0.3 is 10.2 Å². The number of carboxylic acid groups (broad SMARTS) is 1. The van der Waals surface area contributed by atoms with Gasteiger partial charge in [0.15, 0.2) is 0 Å². The maximum absolute atomic E-state index is 10.2. The highest BCUT2D eigenvalue weighted by Gasteiger charge is 2.22. The van der Waals surface area contributed by atoms with E-state index in [-0.39, 0.29) is 12.3 Å². The van der Waals surface area contributed by atoms with Crippen LogP contribution in [0, 0.1) is 5.92 Å². The van der Waals surface area contributed by atoms with E-state index in [0.717, 1.165) is 0 Å². The van der Waals surface area contributed by atoms with Crippen LogP contribution < -0.4 is 0 Å². The third kappa shape index (κ3) is 1.57. The van der Waals surface area contributed by atoms with Gasteiger partial charge in [0.25, 0.3) is 0 Å². The van der Waals surface area contributed by atoms with Gasteiger partial charge in [-0.3, -0.25) is 4.79 Å². The summed E-state index contributed by atoms with van der Waals surface area (Å²) in [6, 6.07) is 0. The summed E-state index contributed by atoms with van der Waals surface area (Å²) in [6.45, 7) is 0. The Labute approximate surface area is 59.0 Å². The summed E-state index contributed by atoms with van der Waals surface area (Å²) in [5.74, 6) is -1.02. The summed E-state index contributed by atoms with van der Waals surface area (Å²) in [7, 11) is 0. The quantitative estimate of drug-likeness (QED) is 0.548. The minimum absolute atomic E-state index is 0.0394. The van der Waals surface area contributed by atoms with Gasteiger partial charge in [-0.2, -0.15) is 0 Å². The second-order valence-corrected chi connectivity index (χ2v) is 2.49. The van der Waals surface area contributed by atoms with E-state index in [1.54, 1.807) is 6.08 Å². The first-order valence-corrected chi connectivity index (χ1v) is 3.26. The zero-order valence-corrected chi connectivity index (χ0v) is 5.53. The molecule has 0 aromatic carbocycles. The molecule has 1 rings (SSSR count). The number of carboxylic acids is 1. The number of carbonyl (C=O) groups is 1. The Kier molecular flexibility index (Phi) is 2.06. The molecule has 0 unspecified atom stereocenters. The second-order valence-electron chi connectivity index (χ2n) is 2.49. The molecule has 56 valence electrons. The van der Waals surface area contributed by atoms with E-state index in [4.69, 9.17) is 10.2 Å². The van der Waals surface area contributed by atoms with Crippen molar-refractivity contribution in [3.05, 3.63) is 12.2 Å². The highest BCUT2D eigenvalue weighted by Crippen LogP contribution is 2.20. The molecule has 2 atom stereocenters. The first-order valence-electron chi connectivity index (χ1n) is 3.26. The van der Waals surface area contributed by atoms with E-state index < -0.39 is 12.1 Å². The van der Waals surface area contributed by atoms with Gasteiger partial charge in [0.2, 0.25) is 0 Å². The molecule has 2 N–H and O–H groups in total. The molecule has 10 heavy (non-hydrogen) atoms. The Morgan fingerprint density at radius 3 is 2.80 bits per heavy atom. The van der Waals surface area contributed by atoms with Gasteiger partial charge in [-0.05, 0) is 6.42 Å². The normalized spacial score (nSPS) is 30.9. The molecule has 0 radical (unpaired) electrons. The lowest BCUT2D eigenvalue weighted by atomic mass is 10.0. The van der Waals surface area contributed by atoms with Crippen molar-refractivity contribution < 1.29 is 15.0 Å². The van der Waals surface area contributed by atoms with Crippen LogP contribution in [0.5, 0.6) is 0 Å². The van der Waals surface area contributed by atoms with Crippen LogP contribution in [0.2, 0.25) is 0 Å². The van der Waals surface area contributed by atoms with Crippen molar-refractivity contribution in [2.75, 3.05) is 0 Å². The molecule has 3 nitrogen and oxygen atoms in total. The average molecular weight is 142 g/mol. The van der Waals surface area contributed by atoms with Gasteiger partial charge in [-0.1, -0.05) is 12.2 Å². The molecule has 0 heterocycles. The van der Waals surface area contributed by atoms with Crippen LogP contribution in [0.4, 0.5) is 0 Å². The van der Waals surface area contributed by atoms with Gasteiger partial charge in [-0.25, -0.2) is 0 Å². The summed E-state index contributed by atoms with van der Waals surface area (Å²) in [5, 5.41) is 17.5. The van der Waals surface area contributed by atoms with Crippen LogP contribution >= 0.6 is 0 Å². The summed E-state index contributed by atoms with van der Waals surface area (Å²) in [4.78, 5) is 10.2. The third-order valence-corrected chi connectivity index (χ3v) is 1.67. The predicted octanol–water partition coefficient (Wildman–Crippen LogP) is 0.398. The fourth-order valence-corrected chi connectivity index (χ4v) is 1.10. The average Bonchev–Trinajstić information content (AvgIpc) is 2.15. The number of hydrogen-bond acceptors (Lipinski definition) is 2. The van der Waals surface area contributed by atoms with Crippen LogP contribution in [0.3, 0.4) is 0 Å². The second kappa shape index (κ2) is 2.84. The largest absolute Gasteiger partial charge is 0.481 e. The molecule has 1 aliphatic carbocycles. The van der Waals surface area contributed by atoms with Gasteiger partial charge in [0.1, 0.15) is 0 Å². The Morgan fingerprint density at radius 1 is 1.70 bits per heavy atom. The van der Waals surface area contributed by atoms with E-state index >= 15 is 0 Å². The van der Waals surface area contributed by atoms with Crippen molar-refractivity contribution in [1.29, 1.82) is 0 Å². The fourth-order valence-electron chi connectivity index (χ4n) is 1.10. The van der Waals surface area contributed by atoms with E-state index in [2.05, 4.69) is 0 Å². The number of aliphatic carboxylic acids is 1. The van der Waals surface area contributed by atoms with Crippen molar-refractivity contribution in [2.45, 2.75) is 18.9 Å². The standard InChI is InChI=1S/C7H10O3/c8-6-3-1-2-5(6)4-7(9)10/h1-2,5-6,8H,3-4H2,(H,9,10)/t5-,6-/m1/s1. The lowest BCUT2D eigenvalue weighted by Gasteiger charge is -2.09. The van der Waals surface area contributed by atoms with Gasteiger partial charge >= 0.3 is 5.97 Å². The highest BCUT2D eigenvalue weighted by molar-refractivity contribution is 5.67. The fraction of sp³-hybridized carbons (Fsp3) is 0.571. The van der Waals surface area contributed by atoms with Crippen molar-refractivity contribution >= 4 is 5.97 Å². The monoisotopic (exact) mass is 142 g/mol. The molecule has 0 saturated heterocycles. The molecule has 0 amide bonds. The van der Waals surface area contributed by atoms with Crippen molar-refractivity contribution in [3.8, 4) is 0 Å². The molecule has 0 fully saturated rings. The van der Waals surface area contributed by atoms with Crippen molar-refractivity contribution in [1.82, 2.24) is 0 Å². The molecule has 0 spiro atoms. The molecular weight excluding hydrogens is 132 g/mol. The maximum atomic E-state index is 10.2. The van der Waals surface area contributed by atoms with Crippen molar-refractivity contribution in [2.24, 2.45) is 5.92 Å². The summed E-state index contributed by atoms with van der Waals surface area (Å²) in [6.07, 6.45) is 3.74. The number of aliphatic hydroxyl groups is 1. The number of hydrogen-bond donors (Lipinski definition) is 2. The van der Waals surface area contributed by atoms with E-state index in [1.807, 2.05) is 6.08 Å². The zero-order chi connectivity index (χ0) is 7.56. The third-order valence-electron chi connectivity index (χ3n) is 1.67. The highest BCUT2D eigenvalue weighted by atomic mass is 16.4. The van der Waals surface area contributed by atoms with E-state index in [0.29, 0.717) is 6.42 Å². The van der Waals surface area contributed by atoms with Crippen LogP contribution in [-0.2, 0) is 4.79 Å². The van der Waals surface area contributed by atoms with E-state index in [1.165, 1.54) is 0 Å². The van der Waals surface area contributed by atoms with Crippen LogP contribution in [-0.4, -0.2) is 22.3 Å². The molecule has 0 bridgehead atoms. The SMILES string of the molecule is O=C(O)C[C@H]1C=CC[C@H]1O. The van der Waals surface area contributed by atoms with Crippen LogP contribution in [0.1, 0.15) is 12.8 Å². The van der Waals surface area contributed by atoms with Crippen LogP contribution in [0.25, 0.3) is 0 Å². The Morgan fingerprint density at radius 2 is 2.40 bits per heavy atom. The van der Waals surface area contributed by atoms with Crippen molar-refractivity contribution in [3.63, 3.8) is 0 Å². The molecule has 0 aliphatic heterocycles. The Bertz CT molecular complexity index is 162. The molecular formula is C7H10O3. The lowest BCUT2D eigenvalue weighted by molar-refractivity contribution is -0.138. The predicted molar refractivity (Wildman–Crippen MR) is 35.5 cm³/mol. The first kappa shape index (κ1) is 7.28. The first-order chi connectivity index (χ1) is 4.70. The number of aliphatic hydroxyl groups excluding tert-OH is 1. The van der Waals surface area contributed by atoms with Crippen LogP contribution in [0.15, 0.2) is 12.2 Å². The van der Waals surface area contributed by atoms with Gasteiger partial charge in [0, 0.05) is 5.92 Å². The molecule has 0 aromatic rings. The topological polar surface area (TPSA) is 57.5 Å². The van der Waals surface area contributed by atoms with E-state index in [9.17, 15) is 4.79 Å². The number of rotatable bonds is 2. The zero-order valence-electron chi connectivity index (χ0n) is 5.53. The Balaban J connectivity index is 2.40. The van der Waals surface area contributed by atoms with Gasteiger partial charge in [-0.15, -0.1) is 0 Å². The summed E-state index contributed by atoms with van der Waals surface area (Å²) in [5.41, 5.74) is 0. The lowest BCUT2D eigenvalue weighted by Crippen LogP contribution is -2.16.